The summed E-state index contributed by atoms with van der Waals surface area (Å²) in [4.78, 5) is 0. The van der Waals surface area contributed by atoms with Gasteiger partial charge in [-0.1, -0.05) is 35.9 Å². The minimum atomic E-state index is -0.473. The second-order valence-corrected chi connectivity index (χ2v) is 5.82. The van der Waals surface area contributed by atoms with Crippen molar-refractivity contribution in [2.75, 3.05) is 0 Å². The molecule has 104 valence electrons. The van der Waals surface area contributed by atoms with Crippen LogP contribution in [-0.2, 0) is 6.42 Å². The monoisotopic (exact) mass is 310 g/mol. The highest BCUT2D eigenvalue weighted by atomic mass is 35.5. The summed E-state index contributed by atoms with van der Waals surface area (Å²) in [5.74, 6) is 0.448. The molecule has 1 heterocycles. The molecule has 0 saturated heterocycles. The molecular weight excluding hydrogens is 298 g/mol. The highest BCUT2D eigenvalue weighted by Gasteiger charge is 2.22. The quantitative estimate of drug-likeness (QED) is 0.699. The fourth-order valence-corrected chi connectivity index (χ4v) is 3.10. The van der Waals surface area contributed by atoms with E-state index < -0.39 is 11.2 Å². The Balaban J connectivity index is 1.97. The van der Waals surface area contributed by atoms with Crippen LogP contribution in [0.1, 0.15) is 29.0 Å². The number of halogens is 3. The van der Waals surface area contributed by atoms with E-state index in [0.717, 1.165) is 23.3 Å². The maximum absolute atomic E-state index is 13.5. The predicted octanol–water partition coefficient (Wildman–Crippen LogP) is 5.13. The molecule has 0 N–H and O–H groups in total. The highest BCUT2D eigenvalue weighted by molar-refractivity contribution is 6.33. The Morgan fingerprint density at radius 1 is 1.30 bits per heavy atom. The van der Waals surface area contributed by atoms with Gasteiger partial charge in [-0.05, 0) is 35.7 Å². The third kappa shape index (κ3) is 2.38. The van der Waals surface area contributed by atoms with Crippen LogP contribution in [0.3, 0.4) is 0 Å². The first-order chi connectivity index (χ1) is 9.56. The lowest BCUT2D eigenvalue weighted by atomic mass is 10.0. The summed E-state index contributed by atoms with van der Waals surface area (Å²) in [7, 11) is 0. The van der Waals surface area contributed by atoms with E-state index in [1.807, 2.05) is 25.1 Å². The van der Waals surface area contributed by atoms with Crippen molar-refractivity contribution in [1.29, 1.82) is 0 Å². The van der Waals surface area contributed by atoms with E-state index in [4.69, 9.17) is 27.9 Å². The van der Waals surface area contributed by atoms with Crippen LogP contribution in [0, 0.1) is 5.82 Å². The third-order valence-electron chi connectivity index (χ3n) is 3.47. The second-order valence-electron chi connectivity index (χ2n) is 5.01. The average Bonchev–Trinajstić information content (AvgIpc) is 2.80. The Bertz CT molecular complexity index is 657. The largest absolute Gasteiger partial charge is 0.490 e. The van der Waals surface area contributed by atoms with E-state index in [0.29, 0.717) is 5.56 Å². The fraction of sp³-hybridized carbons (Fsp3) is 0.250. The molecular formula is C16H13Cl2FO. The molecule has 2 atom stereocenters. The van der Waals surface area contributed by atoms with Gasteiger partial charge < -0.3 is 4.74 Å². The summed E-state index contributed by atoms with van der Waals surface area (Å²) in [6.07, 6.45) is 1.05. The molecule has 2 unspecified atom stereocenters. The van der Waals surface area contributed by atoms with E-state index in [1.54, 1.807) is 12.1 Å². The van der Waals surface area contributed by atoms with Crippen molar-refractivity contribution in [2.24, 2.45) is 0 Å². The van der Waals surface area contributed by atoms with E-state index in [9.17, 15) is 4.39 Å². The molecule has 0 fully saturated rings. The van der Waals surface area contributed by atoms with Gasteiger partial charge in [-0.3, -0.25) is 0 Å². The van der Waals surface area contributed by atoms with Gasteiger partial charge in [-0.2, -0.15) is 0 Å². The summed E-state index contributed by atoms with van der Waals surface area (Å²) >= 11 is 12.4. The van der Waals surface area contributed by atoms with Crippen molar-refractivity contribution in [3.63, 3.8) is 0 Å². The molecule has 0 spiro atoms. The molecule has 0 saturated carbocycles. The zero-order valence-corrected chi connectivity index (χ0v) is 12.4. The van der Waals surface area contributed by atoms with Gasteiger partial charge in [0.15, 0.2) is 0 Å². The minimum Gasteiger partial charge on any atom is -0.490 e. The SMILES string of the molecule is CC1Cc2cc(C(Cl)c3cccc(F)c3Cl)ccc2O1. The van der Waals surface area contributed by atoms with E-state index in [2.05, 4.69) is 0 Å². The summed E-state index contributed by atoms with van der Waals surface area (Å²) in [6, 6.07) is 10.5. The van der Waals surface area contributed by atoms with E-state index in [1.165, 1.54) is 6.07 Å². The average molecular weight is 311 g/mol. The molecule has 0 amide bonds. The molecule has 20 heavy (non-hydrogen) atoms. The predicted molar refractivity (Wildman–Crippen MR) is 79.3 cm³/mol. The number of fused-ring (bicyclic) bond motifs is 1. The van der Waals surface area contributed by atoms with Crippen LogP contribution in [0.4, 0.5) is 4.39 Å². The van der Waals surface area contributed by atoms with Gasteiger partial charge in [0.05, 0.1) is 10.4 Å². The summed E-state index contributed by atoms with van der Waals surface area (Å²) < 4.78 is 19.2. The Labute approximate surface area is 127 Å². The van der Waals surface area contributed by atoms with Gasteiger partial charge in [0.2, 0.25) is 0 Å². The smallest absolute Gasteiger partial charge is 0.142 e. The molecule has 1 nitrogen and oxygen atoms in total. The Morgan fingerprint density at radius 3 is 2.90 bits per heavy atom. The van der Waals surface area contributed by atoms with Crippen LogP contribution in [0.5, 0.6) is 5.75 Å². The molecule has 0 aromatic heterocycles. The lowest BCUT2D eigenvalue weighted by molar-refractivity contribution is 0.254. The van der Waals surface area contributed by atoms with Crippen molar-refractivity contribution >= 4 is 23.2 Å². The van der Waals surface area contributed by atoms with E-state index in [-0.39, 0.29) is 11.1 Å². The molecule has 2 aromatic carbocycles. The van der Waals surface area contributed by atoms with Crippen molar-refractivity contribution in [3.8, 4) is 5.75 Å². The first kappa shape index (κ1) is 13.7. The fourth-order valence-electron chi connectivity index (χ4n) is 2.50. The number of hydrogen-bond acceptors (Lipinski definition) is 1. The highest BCUT2D eigenvalue weighted by Crippen LogP contribution is 2.38. The first-order valence-electron chi connectivity index (χ1n) is 6.43. The second kappa shape index (κ2) is 5.27. The molecule has 0 aliphatic carbocycles. The van der Waals surface area contributed by atoms with Crippen molar-refractivity contribution in [3.05, 3.63) is 63.9 Å². The van der Waals surface area contributed by atoms with Crippen molar-refractivity contribution in [1.82, 2.24) is 0 Å². The van der Waals surface area contributed by atoms with Crippen LogP contribution in [-0.4, -0.2) is 6.10 Å². The lowest BCUT2D eigenvalue weighted by Crippen LogP contribution is -2.05. The number of rotatable bonds is 2. The minimum absolute atomic E-state index is 0.0811. The van der Waals surface area contributed by atoms with Crippen molar-refractivity contribution in [2.45, 2.75) is 24.8 Å². The van der Waals surface area contributed by atoms with E-state index >= 15 is 0 Å². The van der Waals surface area contributed by atoms with Crippen molar-refractivity contribution < 1.29 is 9.13 Å². The molecule has 1 aliphatic rings. The summed E-state index contributed by atoms with van der Waals surface area (Å²) in [5.41, 5.74) is 2.61. The molecule has 3 rings (SSSR count). The topological polar surface area (TPSA) is 9.23 Å². The number of ether oxygens (including phenoxy) is 1. The van der Waals surface area contributed by atoms with Crippen LogP contribution in [0.15, 0.2) is 36.4 Å². The molecule has 4 heteroatoms. The van der Waals surface area contributed by atoms with Gasteiger partial charge in [0, 0.05) is 6.42 Å². The Hall–Kier alpha value is -1.25. The Kier molecular flexibility index (Phi) is 3.61. The third-order valence-corrected chi connectivity index (χ3v) is 4.35. The zero-order chi connectivity index (χ0) is 14.3. The number of alkyl halides is 1. The molecule has 0 bridgehead atoms. The van der Waals surface area contributed by atoms with Crippen LogP contribution in [0.25, 0.3) is 0 Å². The molecule has 2 aromatic rings. The van der Waals surface area contributed by atoms with Crippen LogP contribution >= 0.6 is 23.2 Å². The Morgan fingerprint density at radius 2 is 2.10 bits per heavy atom. The van der Waals surface area contributed by atoms with Gasteiger partial charge in [0.25, 0.3) is 0 Å². The van der Waals surface area contributed by atoms with Gasteiger partial charge in [-0.25, -0.2) is 4.39 Å². The maximum Gasteiger partial charge on any atom is 0.142 e. The van der Waals surface area contributed by atoms with Gasteiger partial charge >= 0.3 is 0 Å². The van der Waals surface area contributed by atoms with Crippen LogP contribution < -0.4 is 4.74 Å². The van der Waals surface area contributed by atoms with Gasteiger partial charge in [-0.15, -0.1) is 11.6 Å². The lowest BCUT2D eigenvalue weighted by Gasteiger charge is -2.13. The normalized spacial score (nSPS) is 18.5. The number of hydrogen-bond donors (Lipinski definition) is 0. The zero-order valence-electron chi connectivity index (χ0n) is 10.9. The molecule has 1 aliphatic heterocycles. The van der Waals surface area contributed by atoms with Crippen LogP contribution in [0.2, 0.25) is 5.02 Å². The molecule has 0 radical (unpaired) electrons. The van der Waals surface area contributed by atoms with Gasteiger partial charge in [0.1, 0.15) is 17.7 Å². The number of benzene rings is 2. The summed E-state index contributed by atoms with van der Waals surface area (Å²) in [6.45, 7) is 2.03. The first-order valence-corrected chi connectivity index (χ1v) is 7.25. The summed E-state index contributed by atoms with van der Waals surface area (Å²) in [5, 5.41) is -0.392. The maximum atomic E-state index is 13.5. The standard InChI is InChI=1S/C16H13Cl2FO/c1-9-7-11-8-10(5-6-14(11)20-9)15(17)12-3-2-4-13(19)16(12)18/h2-6,8-9,15H,7H2,1H3.